The maximum absolute atomic E-state index is 13.5. The van der Waals surface area contributed by atoms with Gasteiger partial charge in [0.15, 0.2) is 0 Å². The summed E-state index contributed by atoms with van der Waals surface area (Å²) in [5.74, 6) is -1.26. The number of hydrogen-bond donors (Lipinski definition) is 2. The SMILES string of the molecule is C=C(/C=C(/C(N)=O)c1[nH]c2cc(C(=O)N3CCCOCC3)ccc2c1I)c1ccc(F)c(Cl)c1. The first-order valence-corrected chi connectivity index (χ1v) is 12.1. The minimum atomic E-state index is -0.653. The molecule has 1 aliphatic rings. The number of fused-ring (bicyclic) bond motifs is 1. The van der Waals surface area contributed by atoms with Gasteiger partial charge in [-0.3, -0.25) is 9.59 Å². The van der Waals surface area contributed by atoms with Crippen LogP contribution in [-0.4, -0.2) is 48.0 Å². The highest BCUT2D eigenvalue weighted by Gasteiger charge is 2.21. The molecular formula is C25H22ClFIN3O3. The van der Waals surface area contributed by atoms with Crippen molar-refractivity contribution < 1.29 is 18.7 Å². The molecule has 3 aromatic rings. The smallest absolute Gasteiger partial charge is 0.254 e. The molecule has 0 atom stereocenters. The maximum Gasteiger partial charge on any atom is 0.254 e. The molecule has 6 nitrogen and oxygen atoms in total. The van der Waals surface area contributed by atoms with E-state index in [1.165, 1.54) is 18.2 Å². The third-order valence-corrected chi connectivity index (χ3v) is 7.05. The van der Waals surface area contributed by atoms with Gasteiger partial charge < -0.3 is 20.4 Å². The molecule has 2 amide bonds. The summed E-state index contributed by atoms with van der Waals surface area (Å²) in [7, 11) is 0. The fraction of sp³-hybridized carbons (Fsp3) is 0.200. The molecule has 9 heteroatoms. The van der Waals surface area contributed by atoms with E-state index in [9.17, 15) is 14.0 Å². The number of nitrogens with zero attached hydrogens (tertiary/aromatic N) is 1. The van der Waals surface area contributed by atoms with Crippen LogP contribution in [0.5, 0.6) is 0 Å². The number of carbonyl (C=O) groups excluding carboxylic acids is 2. The fourth-order valence-corrected chi connectivity index (χ4v) is 4.91. The first-order valence-electron chi connectivity index (χ1n) is 10.6. The molecule has 3 N–H and O–H groups in total. The maximum atomic E-state index is 13.5. The Morgan fingerprint density at radius 3 is 2.68 bits per heavy atom. The second-order valence-electron chi connectivity index (χ2n) is 7.91. The number of rotatable bonds is 5. The molecule has 1 fully saturated rings. The molecule has 4 rings (SSSR count). The van der Waals surface area contributed by atoms with Crippen LogP contribution in [0.4, 0.5) is 4.39 Å². The number of H-pyrrole nitrogens is 1. The minimum Gasteiger partial charge on any atom is -0.380 e. The zero-order valence-electron chi connectivity index (χ0n) is 18.2. The Morgan fingerprint density at radius 1 is 1.18 bits per heavy atom. The Kier molecular flexibility index (Phi) is 7.39. The van der Waals surface area contributed by atoms with Crippen LogP contribution >= 0.6 is 34.2 Å². The molecule has 0 bridgehead atoms. The lowest BCUT2D eigenvalue weighted by Gasteiger charge is -2.19. The third kappa shape index (κ3) is 5.03. The second kappa shape index (κ2) is 10.3. The van der Waals surface area contributed by atoms with Crippen molar-refractivity contribution in [3.05, 3.63) is 80.3 Å². The summed E-state index contributed by atoms with van der Waals surface area (Å²) in [5.41, 5.74) is 8.70. The van der Waals surface area contributed by atoms with Gasteiger partial charge >= 0.3 is 0 Å². The third-order valence-electron chi connectivity index (χ3n) is 5.64. The number of benzene rings is 2. The Labute approximate surface area is 214 Å². The molecule has 0 aliphatic carbocycles. The highest BCUT2D eigenvalue weighted by atomic mass is 127. The zero-order valence-corrected chi connectivity index (χ0v) is 21.1. The summed E-state index contributed by atoms with van der Waals surface area (Å²) < 4.78 is 19.7. The van der Waals surface area contributed by atoms with Gasteiger partial charge in [0.05, 0.1) is 22.9 Å². The monoisotopic (exact) mass is 593 g/mol. The quantitative estimate of drug-likeness (QED) is 0.248. The molecule has 176 valence electrons. The van der Waals surface area contributed by atoms with Crippen molar-refractivity contribution in [3.63, 3.8) is 0 Å². The molecule has 0 radical (unpaired) electrons. The second-order valence-corrected chi connectivity index (χ2v) is 9.39. The van der Waals surface area contributed by atoms with Gasteiger partial charge in [0.2, 0.25) is 0 Å². The lowest BCUT2D eigenvalue weighted by atomic mass is 10.0. The van der Waals surface area contributed by atoms with Crippen molar-refractivity contribution in [1.82, 2.24) is 9.88 Å². The van der Waals surface area contributed by atoms with E-state index in [-0.39, 0.29) is 16.5 Å². The molecule has 34 heavy (non-hydrogen) atoms. The van der Waals surface area contributed by atoms with E-state index in [1.807, 2.05) is 6.07 Å². The van der Waals surface area contributed by atoms with E-state index >= 15 is 0 Å². The Hall–Kier alpha value is -2.69. The number of amides is 2. The minimum absolute atomic E-state index is 0.0407. The van der Waals surface area contributed by atoms with Gasteiger partial charge in [0, 0.05) is 39.7 Å². The van der Waals surface area contributed by atoms with Crippen LogP contribution in [0, 0.1) is 9.39 Å². The number of primary amides is 1. The van der Waals surface area contributed by atoms with Crippen LogP contribution in [-0.2, 0) is 9.53 Å². The van der Waals surface area contributed by atoms with Crippen LogP contribution in [0.25, 0.3) is 22.0 Å². The predicted octanol–water partition coefficient (Wildman–Crippen LogP) is 5.01. The highest BCUT2D eigenvalue weighted by molar-refractivity contribution is 14.1. The van der Waals surface area contributed by atoms with Crippen molar-refractivity contribution >= 4 is 68.1 Å². The number of allylic oxidation sites excluding steroid dienone is 2. The highest BCUT2D eigenvalue weighted by Crippen LogP contribution is 2.32. The number of hydrogen-bond acceptors (Lipinski definition) is 3. The van der Waals surface area contributed by atoms with Gasteiger partial charge in [-0.15, -0.1) is 0 Å². The number of carbonyl (C=O) groups is 2. The van der Waals surface area contributed by atoms with Gasteiger partial charge in [-0.2, -0.15) is 0 Å². The van der Waals surface area contributed by atoms with E-state index in [2.05, 4.69) is 34.2 Å². The summed E-state index contributed by atoms with van der Waals surface area (Å²) in [6, 6.07) is 9.62. The van der Waals surface area contributed by atoms with Gasteiger partial charge in [-0.25, -0.2) is 4.39 Å². The summed E-state index contributed by atoms with van der Waals surface area (Å²) in [6.45, 7) is 6.35. The van der Waals surface area contributed by atoms with Crippen LogP contribution < -0.4 is 5.73 Å². The van der Waals surface area contributed by atoms with Gasteiger partial charge in [0.1, 0.15) is 5.82 Å². The number of aromatic nitrogens is 1. The lowest BCUT2D eigenvalue weighted by molar-refractivity contribution is -0.112. The van der Waals surface area contributed by atoms with E-state index in [4.69, 9.17) is 22.1 Å². The summed E-state index contributed by atoms with van der Waals surface area (Å²) in [6.07, 6.45) is 2.34. The average molecular weight is 594 g/mol. The van der Waals surface area contributed by atoms with Crippen molar-refractivity contribution in [1.29, 1.82) is 0 Å². The molecule has 1 saturated heterocycles. The molecule has 0 saturated carbocycles. The van der Waals surface area contributed by atoms with Crippen LogP contribution in [0.2, 0.25) is 5.02 Å². The van der Waals surface area contributed by atoms with Crippen LogP contribution in [0.3, 0.4) is 0 Å². The molecule has 2 aromatic carbocycles. The number of aromatic amines is 1. The number of nitrogens with two attached hydrogens (primary N) is 1. The van der Waals surface area contributed by atoms with E-state index < -0.39 is 11.7 Å². The molecule has 1 aliphatic heterocycles. The summed E-state index contributed by atoms with van der Waals surface area (Å²) in [5, 5.41) is 0.815. The summed E-state index contributed by atoms with van der Waals surface area (Å²) >= 11 is 8.02. The largest absolute Gasteiger partial charge is 0.380 e. The molecule has 1 aromatic heterocycles. The number of halogens is 3. The van der Waals surface area contributed by atoms with E-state index in [0.717, 1.165) is 15.4 Å². The predicted molar refractivity (Wildman–Crippen MR) is 140 cm³/mol. The van der Waals surface area contributed by atoms with Crippen molar-refractivity contribution in [2.45, 2.75) is 6.42 Å². The van der Waals surface area contributed by atoms with Crippen molar-refractivity contribution in [3.8, 4) is 0 Å². The average Bonchev–Trinajstić information content (AvgIpc) is 2.98. The standard InChI is InChI=1S/C25H22ClFIN3O3/c1-14(15-4-6-20(27)19(26)12-15)11-18(24(29)32)23-22(28)17-5-3-16(13-21(17)30-23)25(33)31-7-2-9-34-10-8-31/h3-6,11-13,30H,1-2,7-10H2,(H2,29,32)/b18-11+. The Morgan fingerprint density at radius 2 is 1.94 bits per heavy atom. The van der Waals surface area contributed by atoms with E-state index in [0.29, 0.717) is 54.2 Å². The van der Waals surface area contributed by atoms with E-state index in [1.54, 1.807) is 23.1 Å². The van der Waals surface area contributed by atoms with Crippen LogP contribution in [0.1, 0.15) is 28.0 Å². The van der Waals surface area contributed by atoms with Gasteiger partial charge in [0.25, 0.3) is 11.8 Å². The molecule has 0 unspecified atom stereocenters. The first kappa shape index (κ1) is 24.4. The normalized spacial score (nSPS) is 14.8. The lowest BCUT2D eigenvalue weighted by Crippen LogP contribution is -2.33. The molecular weight excluding hydrogens is 572 g/mol. The topological polar surface area (TPSA) is 88.4 Å². The number of ether oxygens (including phenoxy) is 1. The molecule has 2 heterocycles. The van der Waals surface area contributed by atoms with Crippen molar-refractivity contribution in [2.75, 3.05) is 26.3 Å². The summed E-state index contributed by atoms with van der Waals surface area (Å²) in [4.78, 5) is 30.4. The zero-order chi connectivity index (χ0) is 24.4. The first-order chi connectivity index (χ1) is 16.3. The van der Waals surface area contributed by atoms with Crippen LogP contribution in [0.15, 0.2) is 49.1 Å². The fourth-order valence-electron chi connectivity index (χ4n) is 3.83. The van der Waals surface area contributed by atoms with Gasteiger partial charge in [-0.1, -0.05) is 30.3 Å². The Balaban J connectivity index is 1.70. The van der Waals surface area contributed by atoms with Gasteiger partial charge in [-0.05, 0) is 70.5 Å². The van der Waals surface area contributed by atoms with Crippen molar-refractivity contribution in [2.24, 2.45) is 5.73 Å². The Bertz CT molecular complexity index is 1330. The number of nitrogens with one attached hydrogen (secondary N) is 1. The molecule has 0 spiro atoms.